The molecule has 0 bridgehead atoms. The molecule has 1 amide bonds. The fourth-order valence-electron chi connectivity index (χ4n) is 4.75. The van der Waals surface area contributed by atoms with E-state index in [9.17, 15) is 9.90 Å². The molecule has 2 aliphatic rings. The van der Waals surface area contributed by atoms with Gasteiger partial charge in [-0.2, -0.15) is 0 Å². The van der Waals surface area contributed by atoms with Gasteiger partial charge < -0.3 is 19.4 Å². The van der Waals surface area contributed by atoms with E-state index in [2.05, 4.69) is 15.0 Å². The predicted molar refractivity (Wildman–Crippen MR) is 109 cm³/mol. The summed E-state index contributed by atoms with van der Waals surface area (Å²) < 4.78 is 5.04. The molecule has 2 aromatic heterocycles. The summed E-state index contributed by atoms with van der Waals surface area (Å²) in [6, 6.07) is 9.38. The van der Waals surface area contributed by atoms with Gasteiger partial charge in [-0.25, -0.2) is 0 Å². The fourth-order valence-corrected chi connectivity index (χ4v) is 4.92. The van der Waals surface area contributed by atoms with Gasteiger partial charge in [0.25, 0.3) is 5.91 Å². The van der Waals surface area contributed by atoms with Crippen molar-refractivity contribution < 1.29 is 14.4 Å². The Balaban J connectivity index is 1.41. The molecule has 3 aromatic rings. The van der Waals surface area contributed by atoms with Crippen molar-refractivity contribution in [3.63, 3.8) is 0 Å². The third-order valence-electron chi connectivity index (χ3n) is 6.23. The third kappa shape index (κ3) is 2.96. The zero-order valence-corrected chi connectivity index (χ0v) is 16.8. The summed E-state index contributed by atoms with van der Waals surface area (Å²) in [6.07, 6.45) is 1.79. The lowest BCUT2D eigenvalue weighted by Crippen LogP contribution is -2.39. The van der Waals surface area contributed by atoms with Crippen LogP contribution in [0.4, 0.5) is 5.69 Å². The zero-order valence-electron chi connectivity index (χ0n) is 16.0. The lowest BCUT2D eigenvalue weighted by atomic mass is 9.82. The zero-order chi connectivity index (χ0) is 20.2. The van der Waals surface area contributed by atoms with Crippen molar-refractivity contribution in [1.29, 1.82) is 0 Å². The van der Waals surface area contributed by atoms with Gasteiger partial charge in [0.2, 0.25) is 0 Å². The lowest BCUT2D eigenvalue weighted by molar-refractivity contribution is 0.0738. The Morgan fingerprint density at radius 1 is 1.31 bits per heavy atom. The molecule has 4 heterocycles. The Bertz CT molecular complexity index is 1100. The fraction of sp³-hybridized carbons (Fsp3) is 0.381. The topological polar surface area (TPSA) is 82.7 Å². The molecule has 0 radical (unpaired) electrons. The molecule has 0 spiro atoms. The van der Waals surface area contributed by atoms with Crippen LogP contribution in [0.25, 0.3) is 10.9 Å². The number of benzene rings is 1. The summed E-state index contributed by atoms with van der Waals surface area (Å²) in [7, 11) is 0. The Labute approximate surface area is 172 Å². The van der Waals surface area contributed by atoms with Crippen molar-refractivity contribution in [3.8, 4) is 0 Å². The van der Waals surface area contributed by atoms with Crippen molar-refractivity contribution in [2.24, 2.45) is 11.3 Å². The second-order valence-electron chi connectivity index (χ2n) is 8.10. The molecule has 1 N–H and O–H groups in total. The first-order chi connectivity index (χ1) is 14.0. The van der Waals surface area contributed by atoms with Crippen LogP contribution in [0.2, 0.25) is 5.02 Å². The van der Waals surface area contributed by atoms with E-state index in [1.807, 2.05) is 24.3 Å². The minimum absolute atomic E-state index is 0.0324. The standard InChI is InChI=1S/C21H21ClN4O3/c1-13-6-18(24-29-13)20(28)26-9-14-8-25(10-21(14,11-26)12-27)19-4-5-23-17-7-15(22)2-3-16(17)19/h2-7,14,27H,8-12H2,1H3/t14-,21+/m0/s1. The highest BCUT2D eigenvalue weighted by Gasteiger charge is 2.53. The normalized spacial score (nSPS) is 23.8. The Kier molecular flexibility index (Phi) is 4.26. The van der Waals surface area contributed by atoms with Crippen LogP contribution in [0.5, 0.6) is 0 Å². The number of amides is 1. The van der Waals surface area contributed by atoms with E-state index in [1.165, 1.54) is 0 Å². The highest BCUT2D eigenvalue weighted by molar-refractivity contribution is 6.31. The van der Waals surface area contributed by atoms with Gasteiger partial charge >= 0.3 is 0 Å². The first-order valence-electron chi connectivity index (χ1n) is 9.62. The third-order valence-corrected chi connectivity index (χ3v) is 6.47. The average Bonchev–Trinajstić information content (AvgIpc) is 3.39. The van der Waals surface area contributed by atoms with Crippen LogP contribution in [-0.4, -0.2) is 58.8 Å². The van der Waals surface area contributed by atoms with E-state index in [0.29, 0.717) is 36.1 Å². The number of fused-ring (bicyclic) bond motifs is 2. The highest BCUT2D eigenvalue weighted by atomic mass is 35.5. The Morgan fingerprint density at radius 3 is 2.90 bits per heavy atom. The molecule has 1 aromatic carbocycles. The van der Waals surface area contributed by atoms with Crippen LogP contribution < -0.4 is 4.90 Å². The molecule has 8 heteroatoms. The minimum atomic E-state index is -0.351. The van der Waals surface area contributed by atoms with Crippen molar-refractivity contribution in [3.05, 3.63) is 53.0 Å². The number of likely N-dealkylation sites (tertiary alicyclic amines) is 1. The molecule has 2 saturated heterocycles. The maximum atomic E-state index is 12.8. The van der Waals surface area contributed by atoms with Gasteiger partial charge in [0.05, 0.1) is 12.1 Å². The molecule has 0 saturated carbocycles. The van der Waals surface area contributed by atoms with Crippen molar-refractivity contribution in [1.82, 2.24) is 15.0 Å². The molecule has 0 aliphatic carbocycles. The first kappa shape index (κ1) is 18.4. The van der Waals surface area contributed by atoms with Crippen LogP contribution in [0.3, 0.4) is 0 Å². The van der Waals surface area contributed by atoms with E-state index in [0.717, 1.165) is 23.1 Å². The number of aliphatic hydroxyl groups is 1. The molecule has 0 unspecified atom stereocenters. The van der Waals surface area contributed by atoms with E-state index in [1.54, 1.807) is 24.1 Å². The maximum absolute atomic E-state index is 12.8. The number of aryl methyl sites for hydroxylation is 1. The molecule has 150 valence electrons. The number of halogens is 1. The van der Waals surface area contributed by atoms with Gasteiger partial charge in [-0.05, 0) is 31.2 Å². The number of hydrogen-bond acceptors (Lipinski definition) is 6. The van der Waals surface area contributed by atoms with Crippen LogP contribution in [0.15, 0.2) is 41.1 Å². The number of hydrogen-bond donors (Lipinski definition) is 1. The quantitative estimate of drug-likeness (QED) is 0.712. The van der Waals surface area contributed by atoms with E-state index in [4.69, 9.17) is 16.1 Å². The number of nitrogens with zero attached hydrogens (tertiary/aromatic N) is 4. The molecule has 29 heavy (non-hydrogen) atoms. The van der Waals surface area contributed by atoms with Gasteiger partial charge in [0.15, 0.2) is 5.69 Å². The van der Waals surface area contributed by atoms with Crippen molar-refractivity contribution in [2.75, 3.05) is 37.7 Å². The SMILES string of the molecule is Cc1cc(C(=O)N2C[C@@H]3CN(c4ccnc5cc(Cl)ccc45)C[C@]3(CO)C2)no1. The van der Waals surface area contributed by atoms with Gasteiger partial charge in [0, 0.05) is 65.9 Å². The number of pyridine rings is 1. The monoisotopic (exact) mass is 412 g/mol. The Hall–Kier alpha value is -2.64. The van der Waals surface area contributed by atoms with Crippen LogP contribution in [0, 0.1) is 18.3 Å². The summed E-state index contributed by atoms with van der Waals surface area (Å²) in [5.41, 5.74) is 1.91. The summed E-state index contributed by atoms with van der Waals surface area (Å²) in [5.74, 6) is 0.653. The van der Waals surface area contributed by atoms with E-state index >= 15 is 0 Å². The largest absolute Gasteiger partial charge is 0.396 e. The average molecular weight is 413 g/mol. The maximum Gasteiger partial charge on any atom is 0.276 e. The van der Waals surface area contributed by atoms with Gasteiger partial charge in [0.1, 0.15) is 5.76 Å². The molecule has 7 nitrogen and oxygen atoms in total. The smallest absolute Gasteiger partial charge is 0.276 e. The second kappa shape index (κ2) is 6.71. The summed E-state index contributed by atoms with van der Waals surface area (Å²) in [6.45, 7) is 4.34. The summed E-state index contributed by atoms with van der Waals surface area (Å²) >= 11 is 6.12. The number of aromatic nitrogens is 2. The molecular formula is C21H21ClN4O3. The number of carbonyl (C=O) groups excluding carboxylic acids is 1. The van der Waals surface area contributed by atoms with Crippen LogP contribution >= 0.6 is 11.6 Å². The van der Waals surface area contributed by atoms with Gasteiger partial charge in [-0.1, -0.05) is 16.8 Å². The molecule has 2 atom stereocenters. The predicted octanol–water partition coefficient (Wildman–Crippen LogP) is 2.76. The number of rotatable bonds is 3. The van der Waals surface area contributed by atoms with Gasteiger partial charge in [-0.3, -0.25) is 9.78 Å². The summed E-state index contributed by atoms with van der Waals surface area (Å²) in [5, 5.41) is 15.8. The first-order valence-corrected chi connectivity index (χ1v) is 9.99. The summed E-state index contributed by atoms with van der Waals surface area (Å²) in [4.78, 5) is 21.3. The van der Waals surface area contributed by atoms with E-state index < -0.39 is 0 Å². The molecule has 2 aliphatic heterocycles. The molecular weight excluding hydrogens is 392 g/mol. The number of aliphatic hydroxyl groups excluding tert-OH is 1. The lowest BCUT2D eigenvalue weighted by Gasteiger charge is -2.28. The Morgan fingerprint density at radius 2 is 2.17 bits per heavy atom. The second-order valence-corrected chi connectivity index (χ2v) is 8.53. The van der Waals surface area contributed by atoms with E-state index in [-0.39, 0.29) is 23.8 Å². The van der Waals surface area contributed by atoms with Crippen molar-refractivity contribution >= 4 is 34.1 Å². The number of carbonyl (C=O) groups is 1. The van der Waals surface area contributed by atoms with Crippen molar-refractivity contribution in [2.45, 2.75) is 6.92 Å². The van der Waals surface area contributed by atoms with Gasteiger partial charge in [-0.15, -0.1) is 0 Å². The number of anilines is 1. The molecule has 5 rings (SSSR count). The van der Waals surface area contributed by atoms with Crippen LogP contribution in [-0.2, 0) is 0 Å². The highest BCUT2D eigenvalue weighted by Crippen LogP contribution is 2.45. The minimum Gasteiger partial charge on any atom is -0.396 e. The van der Waals surface area contributed by atoms with Crippen LogP contribution in [0.1, 0.15) is 16.2 Å². The molecule has 2 fully saturated rings.